The van der Waals surface area contributed by atoms with E-state index in [0.717, 1.165) is 12.0 Å². The van der Waals surface area contributed by atoms with Gasteiger partial charge < -0.3 is 13.7 Å². The Kier molecular flexibility index (Phi) is 3.89. The highest BCUT2D eigenvalue weighted by Gasteiger charge is 2.50. The molecule has 0 unspecified atom stereocenters. The van der Waals surface area contributed by atoms with E-state index in [0.29, 0.717) is 25.2 Å². The second kappa shape index (κ2) is 5.34. The van der Waals surface area contributed by atoms with Crippen LogP contribution in [0.5, 0.6) is 5.75 Å². The third-order valence-corrected chi connectivity index (χ3v) is 5.43. The second-order valence-electron chi connectivity index (χ2n) is 6.52. The van der Waals surface area contributed by atoms with Crippen LogP contribution in [0.2, 0.25) is 0 Å². The molecule has 1 saturated heterocycles. The average molecular weight is 366 g/mol. The molecule has 2 aliphatic rings. The summed E-state index contributed by atoms with van der Waals surface area (Å²) in [6.45, 7) is 4.73. The highest BCUT2D eigenvalue weighted by molar-refractivity contribution is 7.88. The Balaban J connectivity index is 2.05. The van der Waals surface area contributed by atoms with Gasteiger partial charge in [0.25, 0.3) is 0 Å². The monoisotopic (exact) mass is 366 g/mol. The van der Waals surface area contributed by atoms with E-state index in [1.54, 1.807) is 6.07 Å². The first-order chi connectivity index (χ1) is 11.0. The summed E-state index contributed by atoms with van der Waals surface area (Å²) in [5.74, 6) is -1.46. The minimum atomic E-state index is -5.72. The molecule has 9 heteroatoms. The van der Waals surface area contributed by atoms with Gasteiger partial charge in [0.15, 0.2) is 5.79 Å². The van der Waals surface area contributed by atoms with E-state index in [2.05, 4.69) is 4.18 Å². The van der Waals surface area contributed by atoms with Gasteiger partial charge in [-0.25, -0.2) is 0 Å². The van der Waals surface area contributed by atoms with Gasteiger partial charge in [0.05, 0.1) is 13.2 Å². The van der Waals surface area contributed by atoms with Gasteiger partial charge in [-0.2, -0.15) is 21.6 Å². The Labute approximate surface area is 137 Å². The summed E-state index contributed by atoms with van der Waals surface area (Å²) in [6.07, 6.45) is 1.30. The third kappa shape index (κ3) is 2.78. The van der Waals surface area contributed by atoms with Crippen molar-refractivity contribution in [3.8, 4) is 5.75 Å². The van der Waals surface area contributed by atoms with E-state index in [1.807, 2.05) is 13.8 Å². The quantitative estimate of drug-likeness (QED) is 0.594. The molecule has 0 bridgehead atoms. The molecule has 3 rings (SSSR count). The van der Waals surface area contributed by atoms with Crippen LogP contribution < -0.4 is 4.18 Å². The first-order valence-electron chi connectivity index (χ1n) is 7.41. The van der Waals surface area contributed by atoms with Crippen molar-refractivity contribution in [2.45, 2.75) is 43.4 Å². The van der Waals surface area contributed by atoms with Gasteiger partial charge in [-0.05, 0) is 29.5 Å². The largest absolute Gasteiger partial charge is 0.534 e. The molecule has 0 atom stereocenters. The Morgan fingerprint density at radius 2 is 1.71 bits per heavy atom. The fraction of sp³-hybridized carbons (Fsp3) is 0.600. The number of hydrogen-bond donors (Lipinski definition) is 0. The predicted octanol–water partition coefficient (Wildman–Crippen LogP) is 3.19. The zero-order valence-corrected chi connectivity index (χ0v) is 14.0. The van der Waals surface area contributed by atoms with Gasteiger partial charge in [-0.15, -0.1) is 0 Å². The topological polar surface area (TPSA) is 61.8 Å². The van der Waals surface area contributed by atoms with Crippen LogP contribution in [0.4, 0.5) is 13.2 Å². The van der Waals surface area contributed by atoms with Crippen molar-refractivity contribution in [1.29, 1.82) is 0 Å². The molecule has 1 aromatic rings. The van der Waals surface area contributed by atoms with Gasteiger partial charge >= 0.3 is 15.6 Å². The smallest absolute Gasteiger partial charge is 0.376 e. The summed E-state index contributed by atoms with van der Waals surface area (Å²) in [4.78, 5) is 0. The molecule has 1 heterocycles. The lowest BCUT2D eigenvalue weighted by Crippen LogP contribution is -2.38. The van der Waals surface area contributed by atoms with E-state index in [9.17, 15) is 21.6 Å². The van der Waals surface area contributed by atoms with Crippen LogP contribution in [0.25, 0.3) is 0 Å². The lowest BCUT2D eigenvalue weighted by molar-refractivity contribution is -0.179. The normalized spacial score (nSPS) is 22.4. The molecule has 0 radical (unpaired) electrons. The molecule has 134 valence electrons. The van der Waals surface area contributed by atoms with E-state index in [4.69, 9.17) is 9.47 Å². The van der Waals surface area contributed by atoms with Crippen molar-refractivity contribution in [2.24, 2.45) is 0 Å². The number of alkyl halides is 3. The number of halogens is 3. The highest BCUT2D eigenvalue weighted by Crippen LogP contribution is 2.49. The fourth-order valence-corrected chi connectivity index (χ4v) is 3.61. The van der Waals surface area contributed by atoms with Gasteiger partial charge in [0, 0.05) is 12.0 Å². The Morgan fingerprint density at radius 1 is 1.08 bits per heavy atom. The zero-order valence-electron chi connectivity index (χ0n) is 13.1. The van der Waals surface area contributed by atoms with Gasteiger partial charge in [-0.1, -0.05) is 19.9 Å². The molecular formula is C15H17F3O5S. The van der Waals surface area contributed by atoms with Crippen molar-refractivity contribution in [3.05, 3.63) is 29.3 Å². The summed E-state index contributed by atoms with van der Waals surface area (Å²) in [6, 6.07) is 4.06. The van der Waals surface area contributed by atoms with Crippen LogP contribution in [-0.2, 0) is 30.8 Å². The Hall–Kier alpha value is -1.32. The first-order valence-corrected chi connectivity index (χ1v) is 8.81. The summed E-state index contributed by atoms with van der Waals surface area (Å²) < 4.78 is 75.6. The molecule has 1 aliphatic carbocycles. The maximum absolute atomic E-state index is 12.5. The average Bonchev–Trinajstić information content (AvgIpc) is 2.92. The molecular weight excluding hydrogens is 349 g/mol. The fourth-order valence-electron chi connectivity index (χ4n) is 3.16. The molecule has 5 nitrogen and oxygen atoms in total. The Morgan fingerprint density at radius 3 is 2.29 bits per heavy atom. The highest BCUT2D eigenvalue weighted by atomic mass is 32.2. The van der Waals surface area contributed by atoms with E-state index >= 15 is 0 Å². The maximum Gasteiger partial charge on any atom is 0.534 e. The first kappa shape index (κ1) is 17.5. The molecule has 0 amide bonds. The van der Waals surface area contributed by atoms with Crippen molar-refractivity contribution in [2.75, 3.05) is 13.2 Å². The molecule has 1 spiro atoms. The van der Waals surface area contributed by atoms with Crippen LogP contribution in [0.1, 0.15) is 37.8 Å². The molecule has 1 aromatic carbocycles. The molecule has 0 aromatic heterocycles. The molecule has 1 aliphatic heterocycles. The minimum absolute atomic E-state index is 0.239. The van der Waals surface area contributed by atoms with Gasteiger partial charge in [0.1, 0.15) is 5.75 Å². The van der Waals surface area contributed by atoms with Crippen LogP contribution in [0, 0.1) is 0 Å². The number of fused-ring (bicyclic) bond motifs is 2. The van der Waals surface area contributed by atoms with Crippen LogP contribution >= 0.6 is 0 Å². The number of hydrogen-bond acceptors (Lipinski definition) is 5. The van der Waals surface area contributed by atoms with Crippen molar-refractivity contribution in [1.82, 2.24) is 0 Å². The standard InChI is InChI=1S/C15H17F3O5S/c1-13(2)5-6-14(21-7-8-22-14)12-9-10(3-4-11(12)13)23-24(19,20)15(16,17)18/h3-4,9H,5-8H2,1-2H3. The van der Waals surface area contributed by atoms with Gasteiger partial charge in [-0.3, -0.25) is 0 Å². The summed E-state index contributed by atoms with van der Waals surface area (Å²) >= 11 is 0. The second-order valence-corrected chi connectivity index (χ2v) is 8.06. The van der Waals surface area contributed by atoms with Crippen molar-refractivity contribution in [3.63, 3.8) is 0 Å². The summed E-state index contributed by atoms with van der Waals surface area (Å²) in [7, 11) is -5.72. The third-order valence-electron chi connectivity index (χ3n) is 4.45. The van der Waals surface area contributed by atoms with Crippen molar-refractivity contribution < 1.29 is 35.2 Å². The molecule has 0 saturated carbocycles. The molecule has 24 heavy (non-hydrogen) atoms. The lowest BCUT2D eigenvalue weighted by atomic mass is 9.70. The van der Waals surface area contributed by atoms with Crippen molar-refractivity contribution >= 4 is 10.1 Å². The number of benzene rings is 1. The maximum atomic E-state index is 12.5. The predicted molar refractivity (Wildman–Crippen MR) is 77.9 cm³/mol. The zero-order chi connectivity index (χ0) is 17.8. The number of rotatable bonds is 2. The van der Waals surface area contributed by atoms with E-state index in [-0.39, 0.29) is 5.41 Å². The summed E-state index contributed by atoms with van der Waals surface area (Å²) in [5.41, 5.74) is -4.36. The van der Waals surface area contributed by atoms with E-state index < -0.39 is 27.2 Å². The summed E-state index contributed by atoms with van der Waals surface area (Å²) in [5, 5.41) is 0. The van der Waals surface area contributed by atoms with Gasteiger partial charge in [0.2, 0.25) is 0 Å². The lowest BCUT2D eigenvalue weighted by Gasteiger charge is -2.41. The SMILES string of the molecule is CC1(C)CCC2(OCCO2)c2cc(OS(=O)(=O)C(F)(F)F)ccc21. The van der Waals surface area contributed by atoms with Crippen LogP contribution in [0.15, 0.2) is 18.2 Å². The number of ether oxygens (including phenoxy) is 2. The van der Waals surface area contributed by atoms with Crippen LogP contribution in [0.3, 0.4) is 0 Å². The van der Waals surface area contributed by atoms with Crippen LogP contribution in [-0.4, -0.2) is 27.1 Å². The molecule has 0 N–H and O–H groups in total. The van der Waals surface area contributed by atoms with E-state index in [1.165, 1.54) is 12.1 Å². The Bertz CT molecular complexity index is 749. The minimum Gasteiger partial charge on any atom is -0.376 e. The molecule has 1 fully saturated rings.